The summed E-state index contributed by atoms with van der Waals surface area (Å²) in [7, 11) is -3.82. The molecular weight excluding hydrogens is 470 g/mol. The smallest absolute Gasteiger partial charge is 0.338 e. The van der Waals surface area contributed by atoms with Crippen LogP contribution in [0.3, 0.4) is 0 Å². The first-order chi connectivity index (χ1) is 16.8. The predicted octanol–water partition coefficient (Wildman–Crippen LogP) is 3.18. The zero-order valence-electron chi connectivity index (χ0n) is 18.6. The van der Waals surface area contributed by atoms with Gasteiger partial charge in [-0.05, 0) is 61.4 Å². The zero-order valence-corrected chi connectivity index (χ0v) is 19.4. The van der Waals surface area contributed by atoms with Crippen LogP contribution in [0.4, 0.5) is 11.4 Å². The molecule has 0 aromatic heterocycles. The highest BCUT2D eigenvalue weighted by atomic mass is 32.2. The SMILES string of the molecule is O=C(COC(=O)c1cccc(NS(=O)(=O)c2ccccc2)c1)Nc1cccc(C(=O)NC2CC2)c1. The maximum atomic E-state index is 12.5. The second-order valence-electron chi connectivity index (χ2n) is 7.95. The van der Waals surface area contributed by atoms with Crippen molar-refractivity contribution >= 4 is 39.2 Å². The van der Waals surface area contributed by atoms with Gasteiger partial charge in [0.2, 0.25) is 0 Å². The number of ether oxygens (including phenoxy) is 1. The van der Waals surface area contributed by atoms with Crippen molar-refractivity contribution in [1.82, 2.24) is 5.32 Å². The van der Waals surface area contributed by atoms with Crippen LogP contribution in [0.1, 0.15) is 33.6 Å². The Morgan fingerprint density at radius 1 is 0.829 bits per heavy atom. The molecular formula is C25H23N3O6S. The van der Waals surface area contributed by atoms with Gasteiger partial charge in [-0.25, -0.2) is 13.2 Å². The van der Waals surface area contributed by atoms with E-state index in [0.717, 1.165) is 12.8 Å². The highest BCUT2D eigenvalue weighted by molar-refractivity contribution is 7.92. The molecule has 3 aromatic carbocycles. The fourth-order valence-corrected chi connectivity index (χ4v) is 4.24. The standard InChI is InChI=1S/C25H23N3O6S/c29-23(26-20-8-4-6-17(14-20)24(30)27-19-12-13-19)16-34-25(31)18-7-5-9-21(15-18)28-35(32,33)22-10-2-1-3-11-22/h1-11,14-15,19,28H,12-13,16H2,(H,26,29)(H,27,30). The molecule has 0 atom stereocenters. The fourth-order valence-electron chi connectivity index (χ4n) is 3.17. The van der Waals surface area contributed by atoms with Crippen molar-refractivity contribution in [2.75, 3.05) is 16.6 Å². The Balaban J connectivity index is 1.32. The van der Waals surface area contributed by atoms with Crippen LogP contribution in [0.15, 0.2) is 83.8 Å². The van der Waals surface area contributed by atoms with E-state index >= 15 is 0 Å². The number of carbonyl (C=O) groups is 3. The molecule has 1 aliphatic carbocycles. The first-order valence-electron chi connectivity index (χ1n) is 10.9. The summed E-state index contributed by atoms with van der Waals surface area (Å²) in [6.45, 7) is -0.558. The van der Waals surface area contributed by atoms with Gasteiger partial charge in [-0.1, -0.05) is 30.3 Å². The Kier molecular flexibility index (Phi) is 7.11. The van der Waals surface area contributed by atoms with Gasteiger partial charge in [0.25, 0.3) is 21.8 Å². The first-order valence-corrected chi connectivity index (χ1v) is 12.3. The molecule has 1 fully saturated rings. The van der Waals surface area contributed by atoms with Crippen LogP contribution < -0.4 is 15.4 Å². The zero-order chi connectivity index (χ0) is 24.8. The van der Waals surface area contributed by atoms with Crippen LogP contribution in [-0.2, 0) is 19.6 Å². The van der Waals surface area contributed by atoms with E-state index in [1.54, 1.807) is 42.5 Å². The molecule has 4 rings (SSSR count). The molecule has 0 spiro atoms. The van der Waals surface area contributed by atoms with Crippen molar-refractivity contribution in [3.8, 4) is 0 Å². The number of rotatable bonds is 9. The molecule has 3 aromatic rings. The van der Waals surface area contributed by atoms with Crippen molar-refractivity contribution in [2.24, 2.45) is 0 Å². The lowest BCUT2D eigenvalue weighted by Gasteiger charge is -2.10. The van der Waals surface area contributed by atoms with Crippen LogP contribution in [0.2, 0.25) is 0 Å². The molecule has 1 aliphatic rings. The summed E-state index contributed by atoms with van der Waals surface area (Å²) >= 11 is 0. The largest absolute Gasteiger partial charge is 0.452 e. The molecule has 2 amide bonds. The molecule has 0 unspecified atom stereocenters. The van der Waals surface area contributed by atoms with E-state index in [0.29, 0.717) is 11.3 Å². The van der Waals surface area contributed by atoms with Gasteiger partial charge in [-0.15, -0.1) is 0 Å². The third-order valence-corrected chi connectivity index (χ3v) is 6.46. The number of hydrogen-bond acceptors (Lipinski definition) is 6. The number of hydrogen-bond donors (Lipinski definition) is 3. The fraction of sp³-hybridized carbons (Fsp3) is 0.160. The molecule has 180 valence electrons. The quantitative estimate of drug-likeness (QED) is 0.393. The van der Waals surface area contributed by atoms with Crippen LogP contribution in [0.25, 0.3) is 0 Å². The number of carbonyl (C=O) groups excluding carboxylic acids is 3. The number of benzene rings is 3. The van der Waals surface area contributed by atoms with Gasteiger partial charge in [0.15, 0.2) is 6.61 Å². The maximum Gasteiger partial charge on any atom is 0.338 e. The third-order valence-electron chi connectivity index (χ3n) is 5.06. The van der Waals surface area contributed by atoms with Crippen molar-refractivity contribution < 1.29 is 27.5 Å². The minimum absolute atomic E-state index is 0.0739. The van der Waals surface area contributed by atoms with Crippen molar-refractivity contribution in [3.63, 3.8) is 0 Å². The second-order valence-corrected chi connectivity index (χ2v) is 9.63. The lowest BCUT2D eigenvalue weighted by molar-refractivity contribution is -0.119. The molecule has 3 N–H and O–H groups in total. The van der Waals surface area contributed by atoms with Crippen LogP contribution in [0.5, 0.6) is 0 Å². The van der Waals surface area contributed by atoms with Crippen molar-refractivity contribution in [3.05, 3.63) is 90.0 Å². The Labute approximate surface area is 202 Å². The van der Waals surface area contributed by atoms with Gasteiger partial charge in [-0.2, -0.15) is 0 Å². The minimum atomic E-state index is -3.82. The molecule has 9 nitrogen and oxygen atoms in total. The summed E-state index contributed by atoms with van der Waals surface area (Å²) in [6.07, 6.45) is 1.94. The van der Waals surface area contributed by atoms with Gasteiger partial charge in [0.05, 0.1) is 10.5 Å². The van der Waals surface area contributed by atoms with Gasteiger partial charge in [0.1, 0.15) is 0 Å². The van der Waals surface area contributed by atoms with Crippen molar-refractivity contribution in [1.29, 1.82) is 0 Å². The average molecular weight is 494 g/mol. The Morgan fingerprint density at radius 2 is 1.49 bits per heavy atom. The molecule has 0 bridgehead atoms. The van der Waals surface area contributed by atoms with E-state index in [1.165, 1.54) is 36.4 Å². The number of amides is 2. The van der Waals surface area contributed by atoms with Gasteiger partial charge >= 0.3 is 5.97 Å². The van der Waals surface area contributed by atoms with Gasteiger partial charge < -0.3 is 15.4 Å². The molecule has 0 aliphatic heterocycles. The van der Waals surface area contributed by atoms with E-state index in [1.807, 2.05) is 0 Å². The summed E-state index contributed by atoms with van der Waals surface area (Å²) < 4.78 is 32.4. The normalized spacial score (nSPS) is 12.9. The molecule has 1 saturated carbocycles. The Morgan fingerprint density at radius 3 is 2.20 bits per heavy atom. The van der Waals surface area contributed by atoms with Crippen LogP contribution >= 0.6 is 0 Å². The Bertz CT molecular complexity index is 1350. The predicted molar refractivity (Wildman–Crippen MR) is 130 cm³/mol. The Hall–Kier alpha value is -4.18. The highest BCUT2D eigenvalue weighted by Crippen LogP contribution is 2.20. The number of esters is 1. The average Bonchev–Trinajstić information content (AvgIpc) is 3.67. The van der Waals surface area contributed by atoms with Gasteiger partial charge in [-0.3, -0.25) is 14.3 Å². The van der Waals surface area contributed by atoms with E-state index < -0.39 is 28.5 Å². The van der Waals surface area contributed by atoms with Crippen LogP contribution in [0, 0.1) is 0 Å². The van der Waals surface area contributed by atoms with E-state index in [4.69, 9.17) is 4.74 Å². The topological polar surface area (TPSA) is 131 Å². The maximum absolute atomic E-state index is 12.5. The third kappa shape index (κ3) is 6.67. The molecule has 0 heterocycles. The number of anilines is 2. The molecule has 35 heavy (non-hydrogen) atoms. The molecule has 10 heteroatoms. The second kappa shape index (κ2) is 10.4. The van der Waals surface area contributed by atoms with E-state index in [-0.39, 0.29) is 28.1 Å². The van der Waals surface area contributed by atoms with Crippen molar-refractivity contribution in [2.45, 2.75) is 23.8 Å². The minimum Gasteiger partial charge on any atom is -0.452 e. The summed E-state index contributed by atoms with van der Waals surface area (Å²) in [5.41, 5.74) is 1.06. The molecule has 0 saturated heterocycles. The summed E-state index contributed by atoms with van der Waals surface area (Å²) in [6, 6.07) is 20.2. The lowest BCUT2D eigenvalue weighted by Crippen LogP contribution is -2.25. The number of nitrogens with one attached hydrogen (secondary N) is 3. The van der Waals surface area contributed by atoms with Gasteiger partial charge in [0, 0.05) is 23.0 Å². The lowest BCUT2D eigenvalue weighted by atomic mass is 10.2. The summed E-state index contributed by atoms with van der Waals surface area (Å²) in [5, 5.41) is 5.46. The number of sulfonamides is 1. The summed E-state index contributed by atoms with van der Waals surface area (Å²) in [4.78, 5) is 36.9. The highest BCUT2D eigenvalue weighted by Gasteiger charge is 2.24. The first kappa shape index (κ1) is 24.0. The van der Waals surface area contributed by atoms with Crippen LogP contribution in [-0.4, -0.2) is 38.9 Å². The summed E-state index contributed by atoms with van der Waals surface area (Å²) in [5.74, 6) is -1.59. The molecule has 0 radical (unpaired) electrons. The van der Waals surface area contributed by atoms with E-state index in [9.17, 15) is 22.8 Å². The van der Waals surface area contributed by atoms with E-state index in [2.05, 4.69) is 15.4 Å². The monoisotopic (exact) mass is 493 g/mol.